The Morgan fingerprint density at radius 2 is 2.18 bits per heavy atom. The molecule has 0 fully saturated rings. The lowest BCUT2D eigenvalue weighted by atomic mass is 10.1. The number of nitrogens with zero attached hydrogens (tertiary/aromatic N) is 2. The maximum Gasteiger partial charge on any atom is 0.124 e. The molecular formula is C13H12N2OS. The van der Waals surface area contributed by atoms with Crippen molar-refractivity contribution < 1.29 is 5.11 Å². The molecule has 3 aromatic rings. The summed E-state index contributed by atoms with van der Waals surface area (Å²) in [5.74, 6) is 0. The Bertz CT molecular complexity index is 656. The van der Waals surface area contributed by atoms with Crippen LogP contribution in [0.1, 0.15) is 17.4 Å². The summed E-state index contributed by atoms with van der Waals surface area (Å²) in [6.45, 7) is 0. The first kappa shape index (κ1) is 10.5. The first-order valence-corrected chi connectivity index (χ1v) is 6.27. The number of hydrogen-bond donors (Lipinski definition) is 1. The minimum atomic E-state index is -0.654. The van der Waals surface area contributed by atoms with E-state index in [4.69, 9.17) is 0 Å². The normalized spacial score (nSPS) is 13.1. The minimum Gasteiger partial charge on any atom is -0.382 e. The number of rotatable bonds is 2. The van der Waals surface area contributed by atoms with Crippen LogP contribution >= 0.6 is 11.3 Å². The van der Waals surface area contributed by atoms with Crippen LogP contribution in [0.25, 0.3) is 10.1 Å². The van der Waals surface area contributed by atoms with Crippen LogP contribution in [0, 0.1) is 0 Å². The molecule has 0 saturated heterocycles. The molecule has 86 valence electrons. The average Bonchev–Trinajstić information content (AvgIpc) is 2.95. The summed E-state index contributed by atoms with van der Waals surface area (Å²) in [5.41, 5.74) is 1.62. The quantitative estimate of drug-likeness (QED) is 0.752. The van der Waals surface area contributed by atoms with Crippen LogP contribution in [-0.2, 0) is 7.05 Å². The molecule has 17 heavy (non-hydrogen) atoms. The molecule has 1 aromatic carbocycles. The monoisotopic (exact) mass is 244 g/mol. The number of aromatic nitrogens is 2. The number of benzene rings is 1. The highest BCUT2D eigenvalue weighted by Gasteiger charge is 2.16. The van der Waals surface area contributed by atoms with Gasteiger partial charge in [0.05, 0.1) is 5.69 Å². The number of aliphatic hydroxyl groups is 1. The second kappa shape index (κ2) is 3.98. The van der Waals surface area contributed by atoms with E-state index in [1.54, 1.807) is 16.0 Å². The van der Waals surface area contributed by atoms with Gasteiger partial charge in [-0.05, 0) is 22.9 Å². The van der Waals surface area contributed by atoms with Crippen molar-refractivity contribution >= 4 is 21.4 Å². The average molecular weight is 244 g/mol. The van der Waals surface area contributed by atoms with Crippen molar-refractivity contribution in [3.63, 3.8) is 0 Å². The van der Waals surface area contributed by atoms with Crippen LogP contribution in [0.5, 0.6) is 0 Å². The number of aryl methyl sites for hydroxylation is 1. The molecule has 0 amide bonds. The highest BCUT2D eigenvalue weighted by molar-refractivity contribution is 7.17. The van der Waals surface area contributed by atoms with Gasteiger partial charge in [-0.1, -0.05) is 18.2 Å². The van der Waals surface area contributed by atoms with Crippen molar-refractivity contribution in [2.75, 3.05) is 0 Å². The summed E-state index contributed by atoms with van der Waals surface area (Å²) < 4.78 is 2.83. The van der Waals surface area contributed by atoms with Gasteiger partial charge < -0.3 is 5.11 Å². The van der Waals surface area contributed by atoms with E-state index in [9.17, 15) is 5.11 Å². The van der Waals surface area contributed by atoms with Gasteiger partial charge in [0, 0.05) is 23.5 Å². The Morgan fingerprint density at radius 3 is 2.94 bits per heavy atom. The highest BCUT2D eigenvalue weighted by Crippen LogP contribution is 2.31. The first-order valence-electron chi connectivity index (χ1n) is 5.39. The van der Waals surface area contributed by atoms with E-state index >= 15 is 0 Å². The van der Waals surface area contributed by atoms with Gasteiger partial charge in [0.25, 0.3) is 0 Å². The van der Waals surface area contributed by atoms with Gasteiger partial charge in [-0.15, -0.1) is 11.3 Å². The van der Waals surface area contributed by atoms with E-state index in [0.29, 0.717) is 5.69 Å². The Balaban J connectivity index is 2.12. The highest BCUT2D eigenvalue weighted by atomic mass is 32.1. The van der Waals surface area contributed by atoms with Crippen molar-refractivity contribution in [2.24, 2.45) is 7.05 Å². The molecule has 1 atom stereocenters. The van der Waals surface area contributed by atoms with Crippen molar-refractivity contribution in [3.8, 4) is 0 Å². The predicted octanol–water partition coefficient (Wildman–Crippen LogP) is 2.72. The van der Waals surface area contributed by atoms with Gasteiger partial charge in [-0.25, -0.2) is 0 Å². The number of fused-ring (bicyclic) bond motifs is 1. The molecule has 3 nitrogen and oxygen atoms in total. The molecule has 0 saturated carbocycles. The number of hydrogen-bond acceptors (Lipinski definition) is 3. The molecule has 1 unspecified atom stereocenters. The summed E-state index contributed by atoms with van der Waals surface area (Å²) >= 11 is 1.65. The second-order valence-electron chi connectivity index (χ2n) is 4.00. The minimum absolute atomic E-state index is 0.654. The molecular weight excluding hydrogens is 232 g/mol. The maximum atomic E-state index is 10.4. The van der Waals surface area contributed by atoms with Crippen LogP contribution in [-0.4, -0.2) is 14.9 Å². The van der Waals surface area contributed by atoms with Crippen molar-refractivity contribution in [1.82, 2.24) is 9.78 Å². The fourth-order valence-electron chi connectivity index (χ4n) is 1.97. The van der Waals surface area contributed by atoms with Gasteiger partial charge in [0.15, 0.2) is 0 Å². The Morgan fingerprint density at radius 1 is 1.29 bits per heavy atom. The fraction of sp³-hybridized carbons (Fsp3) is 0.154. The molecule has 4 heteroatoms. The van der Waals surface area contributed by atoms with Gasteiger partial charge in [0.1, 0.15) is 6.10 Å². The SMILES string of the molecule is Cn1ccc(C(O)c2cccc3ccsc23)n1. The summed E-state index contributed by atoms with van der Waals surface area (Å²) in [6, 6.07) is 9.89. The van der Waals surface area contributed by atoms with Crippen LogP contribution < -0.4 is 0 Å². The smallest absolute Gasteiger partial charge is 0.124 e. The van der Waals surface area contributed by atoms with E-state index in [1.807, 2.05) is 36.8 Å². The Kier molecular flexibility index (Phi) is 2.46. The topological polar surface area (TPSA) is 38.0 Å². The molecule has 0 spiro atoms. The van der Waals surface area contributed by atoms with Crippen molar-refractivity contribution in [1.29, 1.82) is 0 Å². The van der Waals surface area contributed by atoms with E-state index < -0.39 is 6.10 Å². The zero-order valence-electron chi connectivity index (χ0n) is 9.37. The van der Waals surface area contributed by atoms with Gasteiger partial charge >= 0.3 is 0 Å². The van der Waals surface area contributed by atoms with Crippen LogP contribution in [0.4, 0.5) is 0 Å². The van der Waals surface area contributed by atoms with E-state index in [-0.39, 0.29) is 0 Å². The third-order valence-corrected chi connectivity index (χ3v) is 3.80. The van der Waals surface area contributed by atoms with E-state index in [2.05, 4.69) is 17.2 Å². The van der Waals surface area contributed by atoms with Gasteiger partial charge in [-0.3, -0.25) is 4.68 Å². The van der Waals surface area contributed by atoms with E-state index in [1.165, 1.54) is 5.39 Å². The molecule has 0 aliphatic rings. The molecule has 1 N–H and O–H groups in total. The number of aliphatic hydroxyl groups excluding tert-OH is 1. The number of thiophene rings is 1. The zero-order valence-corrected chi connectivity index (χ0v) is 10.2. The molecule has 0 radical (unpaired) electrons. The first-order chi connectivity index (χ1) is 8.25. The third kappa shape index (κ3) is 1.75. The van der Waals surface area contributed by atoms with Gasteiger partial charge in [0.2, 0.25) is 0 Å². The molecule has 0 aliphatic heterocycles. The van der Waals surface area contributed by atoms with Crippen molar-refractivity contribution in [2.45, 2.75) is 6.10 Å². The lowest BCUT2D eigenvalue weighted by Gasteiger charge is -2.09. The lowest BCUT2D eigenvalue weighted by Crippen LogP contribution is -2.01. The summed E-state index contributed by atoms with van der Waals surface area (Å²) in [7, 11) is 1.85. The van der Waals surface area contributed by atoms with Crippen LogP contribution in [0.15, 0.2) is 41.9 Å². The maximum absolute atomic E-state index is 10.4. The van der Waals surface area contributed by atoms with E-state index in [0.717, 1.165) is 10.3 Å². The fourth-order valence-corrected chi connectivity index (χ4v) is 2.91. The van der Waals surface area contributed by atoms with Gasteiger partial charge in [-0.2, -0.15) is 5.10 Å². The standard InChI is InChI=1S/C13H12N2OS/c1-15-7-5-11(14-15)12(16)10-4-2-3-9-6-8-17-13(9)10/h2-8,12,16H,1H3. The summed E-state index contributed by atoms with van der Waals surface area (Å²) in [6.07, 6.45) is 1.19. The molecule has 3 rings (SSSR count). The van der Waals surface area contributed by atoms with Crippen molar-refractivity contribution in [3.05, 3.63) is 53.2 Å². The Hall–Kier alpha value is -1.65. The second-order valence-corrected chi connectivity index (χ2v) is 4.92. The summed E-state index contributed by atoms with van der Waals surface area (Å²) in [5, 5.41) is 17.8. The molecule has 0 bridgehead atoms. The molecule has 2 heterocycles. The predicted molar refractivity (Wildman–Crippen MR) is 69.1 cm³/mol. The van der Waals surface area contributed by atoms with Crippen LogP contribution in [0.2, 0.25) is 0 Å². The zero-order chi connectivity index (χ0) is 11.8. The lowest BCUT2D eigenvalue weighted by molar-refractivity contribution is 0.216. The third-order valence-electron chi connectivity index (χ3n) is 2.82. The largest absolute Gasteiger partial charge is 0.382 e. The Labute approximate surface area is 103 Å². The molecule has 0 aliphatic carbocycles. The summed E-state index contributed by atoms with van der Waals surface area (Å²) in [4.78, 5) is 0. The molecule has 2 aromatic heterocycles. The van der Waals surface area contributed by atoms with Crippen LogP contribution in [0.3, 0.4) is 0 Å².